The molecule has 1 fully saturated rings. The van der Waals surface area contributed by atoms with E-state index in [0.29, 0.717) is 30.0 Å². The first-order valence-corrected chi connectivity index (χ1v) is 11.1. The van der Waals surface area contributed by atoms with Crippen LogP contribution in [-0.2, 0) is 14.3 Å². The van der Waals surface area contributed by atoms with Crippen LogP contribution in [0, 0.1) is 0 Å². The Morgan fingerprint density at radius 3 is 2.29 bits per heavy atom. The van der Waals surface area contributed by atoms with E-state index in [-0.39, 0.29) is 28.3 Å². The van der Waals surface area contributed by atoms with E-state index in [4.69, 9.17) is 9.47 Å². The van der Waals surface area contributed by atoms with Crippen molar-refractivity contribution in [3.8, 4) is 0 Å². The molecule has 35 heavy (non-hydrogen) atoms. The van der Waals surface area contributed by atoms with E-state index in [1.165, 1.54) is 24.4 Å². The number of rotatable bonds is 5. The third-order valence-electron chi connectivity index (χ3n) is 5.86. The van der Waals surface area contributed by atoms with Crippen LogP contribution >= 0.6 is 0 Å². The van der Waals surface area contributed by atoms with Crippen LogP contribution in [0.25, 0.3) is 0 Å². The van der Waals surface area contributed by atoms with E-state index >= 15 is 0 Å². The predicted octanol–water partition coefficient (Wildman–Crippen LogP) is 2.49. The highest BCUT2D eigenvalue weighted by atomic mass is 16.5. The summed E-state index contributed by atoms with van der Waals surface area (Å²) >= 11 is 0. The molecule has 176 valence electrons. The summed E-state index contributed by atoms with van der Waals surface area (Å²) in [5.74, 6) is -1.04. The Labute approximate surface area is 200 Å². The third kappa shape index (κ3) is 4.53. The number of pyridine rings is 1. The summed E-state index contributed by atoms with van der Waals surface area (Å²) in [6.07, 6.45) is 1.41. The fourth-order valence-corrected chi connectivity index (χ4v) is 4.07. The first-order chi connectivity index (χ1) is 17.0. The van der Waals surface area contributed by atoms with E-state index in [0.717, 1.165) is 18.9 Å². The zero-order chi connectivity index (χ0) is 24.4. The van der Waals surface area contributed by atoms with Crippen molar-refractivity contribution in [2.45, 2.75) is 0 Å². The van der Waals surface area contributed by atoms with Crippen molar-refractivity contribution in [2.75, 3.05) is 43.1 Å². The quantitative estimate of drug-likeness (QED) is 0.442. The number of fused-ring (bicyclic) bond motifs is 2. The molecule has 0 radical (unpaired) electrons. The number of carbonyl (C=O) groups is 4. The second kappa shape index (κ2) is 9.47. The predicted molar refractivity (Wildman–Crippen MR) is 126 cm³/mol. The van der Waals surface area contributed by atoms with E-state index in [1.54, 1.807) is 36.4 Å². The number of nitrogens with one attached hydrogen (secondary N) is 1. The molecule has 0 spiro atoms. The van der Waals surface area contributed by atoms with Crippen LogP contribution in [0.1, 0.15) is 42.2 Å². The molecular formula is C26H21N3O6. The smallest absolute Gasteiger partial charge is 0.340 e. The molecule has 0 bridgehead atoms. The van der Waals surface area contributed by atoms with Gasteiger partial charge in [-0.2, -0.15) is 0 Å². The summed E-state index contributed by atoms with van der Waals surface area (Å²) in [7, 11) is 0. The summed E-state index contributed by atoms with van der Waals surface area (Å²) in [6.45, 7) is 2.19. The van der Waals surface area contributed by atoms with Gasteiger partial charge in [-0.05, 0) is 30.3 Å². The number of esters is 1. The first-order valence-electron chi connectivity index (χ1n) is 11.1. The number of morpholine rings is 1. The minimum atomic E-state index is -0.677. The average molecular weight is 471 g/mol. The zero-order valence-corrected chi connectivity index (χ0v) is 18.7. The molecule has 9 nitrogen and oxygen atoms in total. The van der Waals surface area contributed by atoms with Crippen LogP contribution in [0.15, 0.2) is 60.8 Å². The van der Waals surface area contributed by atoms with Crippen LogP contribution in [-0.4, -0.2) is 61.3 Å². The molecule has 1 aliphatic heterocycles. The second-order valence-electron chi connectivity index (χ2n) is 8.09. The lowest BCUT2D eigenvalue weighted by Gasteiger charge is -2.27. The Morgan fingerprint density at radius 2 is 1.60 bits per heavy atom. The van der Waals surface area contributed by atoms with Crippen LogP contribution in [0.2, 0.25) is 0 Å². The number of hydrogen-bond donors (Lipinski definition) is 1. The highest BCUT2D eigenvalue weighted by Gasteiger charge is 2.29. The molecule has 2 aromatic carbocycles. The number of amides is 1. The zero-order valence-electron chi connectivity index (χ0n) is 18.7. The standard InChI is InChI=1S/C26H21N3O6/c30-23(15-35-26(33)16-5-8-22(27-14-16)29-9-11-34-12-10-29)28-17-6-7-20-21(13-17)25(32)19-4-2-1-3-18(19)24(20)31/h1-8,13-14H,9-12,15H2,(H,28,30). The number of benzene rings is 2. The van der Waals surface area contributed by atoms with E-state index < -0.39 is 18.5 Å². The van der Waals surface area contributed by atoms with E-state index in [9.17, 15) is 19.2 Å². The van der Waals surface area contributed by atoms with Crippen molar-refractivity contribution in [2.24, 2.45) is 0 Å². The number of nitrogens with zero attached hydrogens (tertiary/aromatic N) is 2. The molecule has 0 atom stereocenters. The summed E-state index contributed by atoms with van der Waals surface area (Å²) < 4.78 is 10.4. The molecule has 2 heterocycles. The van der Waals surface area contributed by atoms with Gasteiger partial charge in [0, 0.05) is 47.2 Å². The fourth-order valence-electron chi connectivity index (χ4n) is 4.07. The Morgan fingerprint density at radius 1 is 0.914 bits per heavy atom. The molecule has 9 heteroatoms. The van der Waals surface area contributed by atoms with Crippen molar-refractivity contribution < 1.29 is 28.7 Å². The molecule has 5 rings (SSSR count). The van der Waals surface area contributed by atoms with Gasteiger partial charge in [0.2, 0.25) is 0 Å². The molecule has 1 N–H and O–H groups in total. The summed E-state index contributed by atoms with van der Waals surface area (Å²) in [6, 6.07) is 14.5. The highest BCUT2D eigenvalue weighted by Crippen LogP contribution is 2.29. The normalized spacial score (nSPS) is 14.7. The molecule has 0 unspecified atom stereocenters. The number of carbonyl (C=O) groups excluding carboxylic acids is 4. The Bertz CT molecular complexity index is 1330. The van der Waals surface area contributed by atoms with Crippen LogP contribution in [0.3, 0.4) is 0 Å². The maximum Gasteiger partial charge on any atom is 0.340 e. The lowest BCUT2D eigenvalue weighted by Crippen LogP contribution is -2.36. The largest absolute Gasteiger partial charge is 0.452 e. The van der Waals surface area contributed by atoms with Crippen LogP contribution in [0.4, 0.5) is 11.5 Å². The number of aromatic nitrogens is 1. The number of anilines is 2. The monoisotopic (exact) mass is 471 g/mol. The van der Waals surface area contributed by atoms with Crippen molar-refractivity contribution in [1.29, 1.82) is 0 Å². The molecule has 2 aliphatic rings. The van der Waals surface area contributed by atoms with Gasteiger partial charge >= 0.3 is 5.97 Å². The minimum Gasteiger partial charge on any atom is -0.452 e. The van der Waals surface area contributed by atoms with Gasteiger partial charge in [0.15, 0.2) is 18.2 Å². The summed E-state index contributed by atoms with van der Waals surface area (Å²) in [5.41, 5.74) is 1.74. The highest BCUT2D eigenvalue weighted by molar-refractivity contribution is 6.28. The van der Waals surface area contributed by atoms with Crippen LogP contribution in [0.5, 0.6) is 0 Å². The summed E-state index contributed by atoms with van der Waals surface area (Å²) in [5, 5.41) is 2.60. The van der Waals surface area contributed by atoms with Gasteiger partial charge in [-0.15, -0.1) is 0 Å². The summed E-state index contributed by atoms with van der Waals surface area (Å²) in [4.78, 5) is 56.6. The molecular weight excluding hydrogens is 450 g/mol. The Kier molecular flexibility index (Phi) is 6.07. The van der Waals surface area contributed by atoms with Gasteiger partial charge in [-0.3, -0.25) is 14.4 Å². The van der Waals surface area contributed by atoms with Gasteiger partial charge in [0.05, 0.1) is 18.8 Å². The third-order valence-corrected chi connectivity index (χ3v) is 5.86. The van der Waals surface area contributed by atoms with Gasteiger partial charge in [0.25, 0.3) is 5.91 Å². The van der Waals surface area contributed by atoms with Crippen molar-refractivity contribution >= 4 is 34.9 Å². The van der Waals surface area contributed by atoms with E-state index in [2.05, 4.69) is 15.2 Å². The van der Waals surface area contributed by atoms with Crippen LogP contribution < -0.4 is 10.2 Å². The molecule has 0 saturated carbocycles. The molecule has 1 aromatic heterocycles. The van der Waals surface area contributed by atoms with Gasteiger partial charge in [-0.1, -0.05) is 24.3 Å². The molecule has 1 amide bonds. The number of hydrogen-bond acceptors (Lipinski definition) is 8. The maximum absolute atomic E-state index is 12.8. The second-order valence-corrected chi connectivity index (χ2v) is 8.09. The average Bonchev–Trinajstić information content (AvgIpc) is 2.91. The molecule has 1 saturated heterocycles. The Hall–Kier alpha value is -4.37. The first kappa shape index (κ1) is 22.4. The van der Waals surface area contributed by atoms with Gasteiger partial charge < -0.3 is 19.7 Å². The maximum atomic E-state index is 12.8. The lowest BCUT2D eigenvalue weighted by atomic mass is 9.84. The topological polar surface area (TPSA) is 115 Å². The van der Waals surface area contributed by atoms with Gasteiger partial charge in [0.1, 0.15) is 5.82 Å². The number of ketones is 2. The molecule has 1 aliphatic carbocycles. The SMILES string of the molecule is O=C(COC(=O)c1ccc(N2CCOCC2)nc1)Nc1ccc2c(c1)C(=O)c1ccccc1C2=O. The number of ether oxygens (including phenoxy) is 2. The fraction of sp³-hybridized carbons (Fsp3) is 0.192. The van der Waals surface area contributed by atoms with Crippen molar-refractivity contribution in [1.82, 2.24) is 4.98 Å². The van der Waals surface area contributed by atoms with E-state index in [1.807, 2.05) is 0 Å². The Balaban J connectivity index is 1.20. The molecule has 3 aromatic rings. The minimum absolute atomic E-state index is 0.218. The lowest BCUT2D eigenvalue weighted by molar-refractivity contribution is -0.119. The van der Waals surface area contributed by atoms with Crippen molar-refractivity contribution in [3.63, 3.8) is 0 Å². The van der Waals surface area contributed by atoms with Gasteiger partial charge in [-0.25, -0.2) is 9.78 Å². The van der Waals surface area contributed by atoms with Crippen molar-refractivity contribution in [3.05, 3.63) is 88.6 Å².